The molecule has 0 aliphatic carbocycles. The van der Waals surface area contributed by atoms with Gasteiger partial charge in [-0.2, -0.15) is 0 Å². The van der Waals surface area contributed by atoms with Crippen molar-refractivity contribution in [2.24, 2.45) is 5.73 Å². The van der Waals surface area contributed by atoms with E-state index in [0.717, 1.165) is 38.9 Å². The summed E-state index contributed by atoms with van der Waals surface area (Å²) in [7, 11) is 0. The zero-order valence-corrected chi connectivity index (χ0v) is 8.54. The third kappa shape index (κ3) is 2.25. The van der Waals surface area contributed by atoms with Gasteiger partial charge in [-0.1, -0.05) is 0 Å². The standard InChI is InChI=1S/C10H19N3O/c11-8-3-5-13(7-8)9-2-1-4-12-10(14)6-9/h8-9H,1-7,11H2,(H,12,14)/t8-,9?/m0/s1. The van der Waals surface area contributed by atoms with Gasteiger partial charge in [-0.15, -0.1) is 0 Å². The summed E-state index contributed by atoms with van der Waals surface area (Å²) in [6.07, 6.45) is 3.97. The van der Waals surface area contributed by atoms with Gasteiger partial charge in [0.05, 0.1) is 0 Å². The first-order chi connectivity index (χ1) is 6.75. The molecule has 0 saturated carbocycles. The highest BCUT2D eigenvalue weighted by atomic mass is 16.1. The predicted molar refractivity (Wildman–Crippen MR) is 54.8 cm³/mol. The number of carbonyl (C=O) groups is 1. The number of nitrogens with zero attached hydrogens (tertiary/aromatic N) is 1. The molecule has 3 N–H and O–H groups in total. The molecule has 0 radical (unpaired) electrons. The van der Waals surface area contributed by atoms with Crippen molar-refractivity contribution in [3.63, 3.8) is 0 Å². The van der Waals surface area contributed by atoms with E-state index >= 15 is 0 Å². The first-order valence-corrected chi connectivity index (χ1v) is 5.52. The van der Waals surface area contributed by atoms with E-state index in [9.17, 15) is 4.79 Å². The van der Waals surface area contributed by atoms with Gasteiger partial charge < -0.3 is 11.1 Å². The number of hydrogen-bond acceptors (Lipinski definition) is 3. The summed E-state index contributed by atoms with van der Waals surface area (Å²) in [6.45, 7) is 2.88. The Morgan fingerprint density at radius 3 is 3.00 bits per heavy atom. The molecule has 0 aromatic carbocycles. The molecule has 2 aliphatic heterocycles. The van der Waals surface area contributed by atoms with Crippen molar-refractivity contribution >= 4 is 5.91 Å². The molecule has 2 atom stereocenters. The van der Waals surface area contributed by atoms with E-state index in [1.807, 2.05) is 0 Å². The third-order valence-corrected chi connectivity index (χ3v) is 3.23. The van der Waals surface area contributed by atoms with Crippen molar-refractivity contribution < 1.29 is 4.79 Å². The molecule has 2 rings (SSSR count). The first kappa shape index (κ1) is 9.93. The fourth-order valence-electron chi connectivity index (χ4n) is 2.41. The summed E-state index contributed by atoms with van der Waals surface area (Å²) in [6, 6.07) is 0.757. The van der Waals surface area contributed by atoms with Crippen LogP contribution in [-0.2, 0) is 4.79 Å². The van der Waals surface area contributed by atoms with Gasteiger partial charge in [0, 0.05) is 38.1 Å². The third-order valence-electron chi connectivity index (χ3n) is 3.23. The number of nitrogens with one attached hydrogen (secondary N) is 1. The quantitative estimate of drug-likeness (QED) is 0.606. The van der Waals surface area contributed by atoms with Crippen LogP contribution in [-0.4, -0.2) is 42.5 Å². The Labute approximate surface area is 84.8 Å². The molecule has 0 bridgehead atoms. The highest BCUT2D eigenvalue weighted by molar-refractivity contribution is 5.76. The van der Waals surface area contributed by atoms with Crippen molar-refractivity contribution in [2.75, 3.05) is 19.6 Å². The molecule has 0 spiro atoms. The van der Waals surface area contributed by atoms with Gasteiger partial charge in [0.2, 0.25) is 5.91 Å². The lowest BCUT2D eigenvalue weighted by Gasteiger charge is -2.25. The maximum absolute atomic E-state index is 11.4. The Kier molecular flexibility index (Phi) is 3.03. The highest BCUT2D eigenvalue weighted by Crippen LogP contribution is 2.18. The second kappa shape index (κ2) is 4.28. The Bertz CT molecular complexity index is 219. The lowest BCUT2D eigenvalue weighted by Crippen LogP contribution is -2.37. The van der Waals surface area contributed by atoms with Crippen LogP contribution in [0.2, 0.25) is 0 Å². The topological polar surface area (TPSA) is 58.4 Å². The van der Waals surface area contributed by atoms with Crippen LogP contribution in [0.5, 0.6) is 0 Å². The summed E-state index contributed by atoms with van der Waals surface area (Å²) in [4.78, 5) is 13.7. The van der Waals surface area contributed by atoms with Crippen molar-refractivity contribution in [2.45, 2.75) is 37.8 Å². The summed E-state index contributed by atoms with van der Waals surface area (Å²) < 4.78 is 0. The molecule has 0 aromatic heterocycles. The predicted octanol–water partition coefficient (Wildman–Crippen LogP) is -0.312. The van der Waals surface area contributed by atoms with Crippen molar-refractivity contribution in [1.29, 1.82) is 0 Å². The Morgan fingerprint density at radius 2 is 2.29 bits per heavy atom. The molecule has 1 amide bonds. The molecule has 80 valence electrons. The lowest BCUT2D eigenvalue weighted by atomic mass is 10.1. The van der Waals surface area contributed by atoms with Crippen molar-refractivity contribution in [3.8, 4) is 0 Å². The van der Waals surface area contributed by atoms with Crippen molar-refractivity contribution in [3.05, 3.63) is 0 Å². The fourth-order valence-corrected chi connectivity index (χ4v) is 2.41. The van der Waals surface area contributed by atoms with E-state index in [2.05, 4.69) is 10.2 Å². The number of carbonyl (C=O) groups excluding carboxylic acids is 1. The normalized spacial score (nSPS) is 35.4. The van der Waals surface area contributed by atoms with Crippen LogP contribution in [0.3, 0.4) is 0 Å². The van der Waals surface area contributed by atoms with Crippen LogP contribution in [0, 0.1) is 0 Å². The molecular weight excluding hydrogens is 178 g/mol. The number of nitrogens with two attached hydrogens (primary N) is 1. The number of likely N-dealkylation sites (tertiary alicyclic amines) is 1. The van der Waals surface area contributed by atoms with Crippen LogP contribution in [0.4, 0.5) is 0 Å². The molecule has 4 nitrogen and oxygen atoms in total. The average Bonchev–Trinajstić information content (AvgIpc) is 2.45. The lowest BCUT2D eigenvalue weighted by molar-refractivity contribution is -0.121. The van der Waals surface area contributed by atoms with Crippen LogP contribution in [0.15, 0.2) is 0 Å². The maximum atomic E-state index is 11.4. The van der Waals surface area contributed by atoms with E-state index in [1.165, 1.54) is 0 Å². The molecule has 2 heterocycles. The van der Waals surface area contributed by atoms with Crippen molar-refractivity contribution in [1.82, 2.24) is 10.2 Å². The zero-order chi connectivity index (χ0) is 9.97. The average molecular weight is 197 g/mol. The molecule has 0 aromatic rings. The largest absolute Gasteiger partial charge is 0.356 e. The number of hydrogen-bond donors (Lipinski definition) is 2. The van der Waals surface area contributed by atoms with E-state index < -0.39 is 0 Å². The summed E-state index contributed by atoms with van der Waals surface area (Å²) in [5.74, 6) is 0.202. The Morgan fingerprint density at radius 1 is 1.43 bits per heavy atom. The van der Waals surface area contributed by atoms with E-state index in [1.54, 1.807) is 0 Å². The van der Waals surface area contributed by atoms with E-state index in [-0.39, 0.29) is 5.91 Å². The van der Waals surface area contributed by atoms with Gasteiger partial charge in [0.25, 0.3) is 0 Å². The van der Waals surface area contributed by atoms with Crippen LogP contribution in [0.1, 0.15) is 25.7 Å². The van der Waals surface area contributed by atoms with Gasteiger partial charge in [-0.25, -0.2) is 0 Å². The molecule has 1 unspecified atom stereocenters. The summed E-state index contributed by atoms with van der Waals surface area (Å²) >= 11 is 0. The minimum atomic E-state index is 0.202. The maximum Gasteiger partial charge on any atom is 0.221 e. The van der Waals surface area contributed by atoms with Gasteiger partial charge >= 0.3 is 0 Å². The second-order valence-electron chi connectivity index (χ2n) is 4.39. The number of amides is 1. The SMILES string of the molecule is N[C@H]1CCN(C2CCCNC(=O)C2)C1. The summed E-state index contributed by atoms with van der Waals surface area (Å²) in [5, 5.41) is 2.91. The van der Waals surface area contributed by atoms with Crippen LogP contribution < -0.4 is 11.1 Å². The van der Waals surface area contributed by atoms with Gasteiger partial charge in [-0.3, -0.25) is 9.69 Å². The molecule has 14 heavy (non-hydrogen) atoms. The zero-order valence-electron chi connectivity index (χ0n) is 8.54. The van der Waals surface area contributed by atoms with E-state index in [4.69, 9.17) is 5.73 Å². The Hall–Kier alpha value is -0.610. The van der Waals surface area contributed by atoms with Gasteiger partial charge in [0.1, 0.15) is 0 Å². The van der Waals surface area contributed by atoms with Crippen LogP contribution >= 0.6 is 0 Å². The molecule has 4 heteroatoms. The molecular formula is C10H19N3O. The smallest absolute Gasteiger partial charge is 0.221 e. The second-order valence-corrected chi connectivity index (χ2v) is 4.39. The van der Waals surface area contributed by atoms with E-state index in [0.29, 0.717) is 18.5 Å². The fraction of sp³-hybridized carbons (Fsp3) is 0.900. The first-order valence-electron chi connectivity index (χ1n) is 5.52. The number of rotatable bonds is 1. The summed E-state index contributed by atoms with van der Waals surface area (Å²) in [5.41, 5.74) is 5.86. The minimum absolute atomic E-state index is 0.202. The molecule has 2 fully saturated rings. The Balaban J connectivity index is 1.92. The monoisotopic (exact) mass is 197 g/mol. The highest BCUT2D eigenvalue weighted by Gasteiger charge is 2.28. The molecule has 2 aliphatic rings. The van der Waals surface area contributed by atoms with Crippen LogP contribution in [0.25, 0.3) is 0 Å². The minimum Gasteiger partial charge on any atom is -0.356 e. The van der Waals surface area contributed by atoms with Gasteiger partial charge in [0.15, 0.2) is 0 Å². The van der Waals surface area contributed by atoms with Gasteiger partial charge in [-0.05, 0) is 19.3 Å². The molecule has 2 saturated heterocycles.